The van der Waals surface area contributed by atoms with Gasteiger partial charge in [-0.3, -0.25) is 4.79 Å². The van der Waals surface area contributed by atoms with Crippen LogP contribution in [0.15, 0.2) is 42.6 Å². The van der Waals surface area contributed by atoms with E-state index in [4.69, 9.17) is 4.74 Å². The van der Waals surface area contributed by atoms with Crippen molar-refractivity contribution in [3.8, 4) is 5.69 Å². The molecule has 0 spiro atoms. The number of aromatic nitrogens is 1. The van der Waals surface area contributed by atoms with E-state index in [0.717, 1.165) is 12.0 Å². The Bertz CT molecular complexity index is 555. The first-order chi connectivity index (χ1) is 8.76. The molecule has 0 aliphatic rings. The standard InChI is InChI=1S/C14H13NO3/c1-2-18-14(17)11-5-7-12(8-6-11)15-9-3-4-13(15)10-16/h3-10H,2H2,1H3. The summed E-state index contributed by atoms with van der Waals surface area (Å²) in [6.45, 7) is 2.12. The van der Waals surface area contributed by atoms with Crippen LogP contribution in [0.1, 0.15) is 27.8 Å². The van der Waals surface area contributed by atoms with E-state index in [1.807, 2.05) is 0 Å². The van der Waals surface area contributed by atoms with Crippen LogP contribution in [-0.2, 0) is 4.74 Å². The minimum absolute atomic E-state index is 0.341. The molecular formula is C14H13NO3. The summed E-state index contributed by atoms with van der Waals surface area (Å²) in [5, 5.41) is 0. The Labute approximate surface area is 105 Å². The van der Waals surface area contributed by atoms with Crippen molar-refractivity contribution in [2.75, 3.05) is 6.61 Å². The Morgan fingerprint density at radius 1 is 1.28 bits per heavy atom. The van der Waals surface area contributed by atoms with Crippen molar-refractivity contribution < 1.29 is 14.3 Å². The molecule has 0 saturated heterocycles. The van der Waals surface area contributed by atoms with Gasteiger partial charge in [-0.25, -0.2) is 4.79 Å². The van der Waals surface area contributed by atoms with Crippen LogP contribution in [0.2, 0.25) is 0 Å². The fraction of sp³-hybridized carbons (Fsp3) is 0.143. The molecule has 0 amide bonds. The normalized spacial score (nSPS) is 10.1. The van der Waals surface area contributed by atoms with Crippen molar-refractivity contribution in [2.45, 2.75) is 6.92 Å². The van der Waals surface area contributed by atoms with Gasteiger partial charge in [0.1, 0.15) is 0 Å². The second kappa shape index (κ2) is 5.31. The van der Waals surface area contributed by atoms with Gasteiger partial charge in [0.05, 0.1) is 17.9 Å². The molecule has 2 rings (SSSR count). The fourth-order valence-corrected chi connectivity index (χ4v) is 1.70. The Morgan fingerprint density at radius 3 is 2.61 bits per heavy atom. The summed E-state index contributed by atoms with van der Waals surface area (Å²) >= 11 is 0. The van der Waals surface area contributed by atoms with E-state index in [0.29, 0.717) is 17.9 Å². The molecule has 92 valence electrons. The number of nitrogens with zero attached hydrogens (tertiary/aromatic N) is 1. The minimum atomic E-state index is -0.341. The predicted octanol–water partition coefficient (Wildman–Crippen LogP) is 2.47. The van der Waals surface area contributed by atoms with Gasteiger partial charge in [0.25, 0.3) is 0 Å². The fourth-order valence-electron chi connectivity index (χ4n) is 1.70. The SMILES string of the molecule is CCOC(=O)c1ccc(-n2cccc2C=O)cc1. The lowest BCUT2D eigenvalue weighted by Gasteiger charge is -2.06. The molecule has 0 aliphatic carbocycles. The van der Waals surface area contributed by atoms with Gasteiger partial charge in [0.15, 0.2) is 6.29 Å². The molecule has 2 aromatic rings. The average Bonchev–Trinajstić information content (AvgIpc) is 2.87. The van der Waals surface area contributed by atoms with Crippen LogP contribution in [0.4, 0.5) is 0 Å². The van der Waals surface area contributed by atoms with Crippen molar-refractivity contribution in [3.63, 3.8) is 0 Å². The highest BCUT2D eigenvalue weighted by molar-refractivity contribution is 5.89. The van der Waals surface area contributed by atoms with Gasteiger partial charge < -0.3 is 9.30 Å². The number of carbonyl (C=O) groups is 2. The summed E-state index contributed by atoms with van der Waals surface area (Å²) in [6, 6.07) is 10.4. The predicted molar refractivity (Wildman–Crippen MR) is 67.1 cm³/mol. The maximum absolute atomic E-state index is 11.5. The lowest BCUT2D eigenvalue weighted by atomic mass is 10.2. The molecule has 1 heterocycles. The van der Waals surface area contributed by atoms with E-state index in [2.05, 4.69) is 0 Å². The second-order valence-corrected chi connectivity index (χ2v) is 3.69. The summed E-state index contributed by atoms with van der Waals surface area (Å²) < 4.78 is 6.65. The summed E-state index contributed by atoms with van der Waals surface area (Å²) in [6.07, 6.45) is 2.59. The van der Waals surface area contributed by atoms with E-state index in [9.17, 15) is 9.59 Å². The summed E-state index contributed by atoms with van der Waals surface area (Å²) in [7, 11) is 0. The third kappa shape index (κ3) is 2.32. The first kappa shape index (κ1) is 12.1. The van der Waals surface area contributed by atoms with Crippen LogP contribution >= 0.6 is 0 Å². The largest absolute Gasteiger partial charge is 0.462 e. The highest BCUT2D eigenvalue weighted by Gasteiger charge is 2.07. The zero-order chi connectivity index (χ0) is 13.0. The Balaban J connectivity index is 2.27. The Hall–Kier alpha value is -2.36. The van der Waals surface area contributed by atoms with Crippen LogP contribution in [0.5, 0.6) is 0 Å². The maximum Gasteiger partial charge on any atom is 0.338 e. The number of rotatable bonds is 4. The number of hydrogen-bond donors (Lipinski definition) is 0. The van der Waals surface area contributed by atoms with Crippen molar-refractivity contribution in [2.24, 2.45) is 0 Å². The second-order valence-electron chi connectivity index (χ2n) is 3.69. The van der Waals surface area contributed by atoms with Crippen molar-refractivity contribution >= 4 is 12.3 Å². The van der Waals surface area contributed by atoms with Gasteiger partial charge in [0, 0.05) is 11.9 Å². The smallest absolute Gasteiger partial charge is 0.338 e. The third-order valence-electron chi connectivity index (χ3n) is 2.56. The maximum atomic E-state index is 11.5. The topological polar surface area (TPSA) is 48.3 Å². The molecule has 0 atom stereocenters. The van der Waals surface area contributed by atoms with E-state index < -0.39 is 0 Å². The number of carbonyl (C=O) groups excluding carboxylic acids is 2. The van der Waals surface area contributed by atoms with Crippen LogP contribution < -0.4 is 0 Å². The number of aldehydes is 1. The summed E-state index contributed by atoms with van der Waals surface area (Å²) in [4.78, 5) is 22.3. The molecule has 4 heteroatoms. The Kier molecular flexibility index (Phi) is 3.57. The van der Waals surface area contributed by atoms with Gasteiger partial charge in [-0.15, -0.1) is 0 Å². The first-order valence-electron chi connectivity index (χ1n) is 5.66. The van der Waals surface area contributed by atoms with E-state index in [1.54, 1.807) is 54.1 Å². The lowest BCUT2D eigenvalue weighted by molar-refractivity contribution is 0.0526. The van der Waals surface area contributed by atoms with Crippen LogP contribution in [0.3, 0.4) is 0 Å². The van der Waals surface area contributed by atoms with Gasteiger partial charge in [-0.05, 0) is 43.3 Å². The molecule has 0 unspecified atom stereocenters. The molecular weight excluding hydrogens is 230 g/mol. The molecule has 0 radical (unpaired) electrons. The number of hydrogen-bond acceptors (Lipinski definition) is 3. The molecule has 0 bridgehead atoms. The minimum Gasteiger partial charge on any atom is -0.462 e. The Morgan fingerprint density at radius 2 is 2.00 bits per heavy atom. The highest BCUT2D eigenvalue weighted by atomic mass is 16.5. The van der Waals surface area contributed by atoms with Crippen molar-refractivity contribution in [1.82, 2.24) is 4.57 Å². The molecule has 1 aromatic carbocycles. The highest BCUT2D eigenvalue weighted by Crippen LogP contribution is 2.13. The van der Waals surface area contributed by atoms with Gasteiger partial charge in [0.2, 0.25) is 0 Å². The molecule has 1 aromatic heterocycles. The van der Waals surface area contributed by atoms with Gasteiger partial charge >= 0.3 is 5.97 Å². The van der Waals surface area contributed by atoms with E-state index in [-0.39, 0.29) is 5.97 Å². The molecule has 0 N–H and O–H groups in total. The lowest BCUT2D eigenvalue weighted by Crippen LogP contribution is -2.05. The average molecular weight is 243 g/mol. The monoisotopic (exact) mass is 243 g/mol. The van der Waals surface area contributed by atoms with Crippen LogP contribution in [-0.4, -0.2) is 23.4 Å². The number of benzene rings is 1. The first-order valence-corrected chi connectivity index (χ1v) is 5.66. The molecule has 4 nitrogen and oxygen atoms in total. The van der Waals surface area contributed by atoms with Gasteiger partial charge in [-0.2, -0.15) is 0 Å². The van der Waals surface area contributed by atoms with Gasteiger partial charge in [-0.1, -0.05) is 0 Å². The summed E-state index contributed by atoms with van der Waals surface area (Å²) in [5.74, 6) is -0.341. The van der Waals surface area contributed by atoms with E-state index in [1.165, 1.54) is 0 Å². The molecule has 0 saturated carbocycles. The van der Waals surface area contributed by atoms with Crippen LogP contribution in [0, 0.1) is 0 Å². The molecule has 0 fully saturated rings. The van der Waals surface area contributed by atoms with E-state index >= 15 is 0 Å². The van der Waals surface area contributed by atoms with Crippen molar-refractivity contribution in [1.29, 1.82) is 0 Å². The third-order valence-corrected chi connectivity index (χ3v) is 2.56. The zero-order valence-corrected chi connectivity index (χ0v) is 10.00. The number of ether oxygens (including phenoxy) is 1. The summed E-state index contributed by atoms with van der Waals surface area (Å²) in [5.41, 5.74) is 1.90. The van der Waals surface area contributed by atoms with Crippen LogP contribution in [0.25, 0.3) is 5.69 Å². The molecule has 18 heavy (non-hydrogen) atoms. The molecule has 0 aliphatic heterocycles. The zero-order valence-electron chi connectivity index (χ0n) is 10.00. The number of esters is 1. The van der Waals surface area contributed by atoms with Crippen molar-refractivity contribution in [3.05, 3.63) is 53.9 Å². The quantitative estimate of drug-likeness (QED) is 0.612.